The van der Waals surface area contributed by atoms with Crippen LogP contribution in [0.15, 0.2) is 23.2 Å². The van der Waals surface area contributed by atoms with Crippen molar-refractivity contribution in [3.05, 3.63) is 18.3 Å². The Morgan fingerprint density at radius 2 is 2.25 bits per heavy atom. The minimum atomic E-state index is -3.44. The van der Waals surface area contributed by atoms with Crippen molar-refractivity contribution in [3.63, 3.8) is 0 Å². The van der Waals surface area contributed by atoms with E-state index in [2.05, 4.69) is 10.3 Å². The summed E-state index contributed by atoms with van der Waals surface area (Å²) in [6, 6.07) is 3.20. The van der Waals surface area contributed by atoms with Gasteiger partial charge in [0.15, 0.2) is 0 Å². The molecule has 0 spiro atoms. The van der Waals surface area contributed by atoms with Gasteiger partial charge < -0.3 is 10.2 Å². The van der Waals surface area contributed by atoms with Crippen molar-refractivity contribution >= 4 is 15.8 Å². The Kier molecular flexibility index (Phi) is 4.62. The van der Waals surface area contributed by atoms with Crippen molar-refractivity contribution in [3.8, 4) is 0 Å². The first-order valence-electron chi connectivity index (χ1n) is 6.75. The number of pyridine rings is 1. The van der Waals surface area contributed by atoms with Gasteiger partial charge in [0, 0.05) is 38.4 Å². The summed E-state index contributed by atoms with van der Waals surface area (Å²) in [4.78, 5) is 6.40. The molecule has 1 atom stereocenters. The van der Waals surface area contributed by atoms with Crippen molar-refractivity contribution in [2.45, 2.75) is 23.8 Å². The lowest BCUT2D eigenvalue weighted by Crippen LogP contribution is -2.41. The van der Waals surface area contributed by atoms with E-state index in [0.29, 0.717) is 17.3 Å². The van der Waals surface area contributed by atoms with Crippen LogP contribution in [0.4, 0.5) is 5.82 Å². The van der Waals surface area contributed by atoms with Gasteiger partial charge in [-0.3, -0.25) is 0 Å². The molecule has 0 amide bonds. The number of nitrogens with zero attached hydrogens (tertiary/aromatic N) is 3. The number of anilines is 1. The summed E-state index contributed by atoms with van der Waals surface area (Å²) in [6.07, 6.45) is 3.36. The van der Waals surface area contributed by atoms with E-state index in [1.165, 1.54) is 6.20 Å². The summed E-state index contributed by atoms with van der Waals surface area (Å²) < 4.78 is 27.1. The third-order valence-electron chi connectivity index (χ3n) is 3.49. The number of rotatable bonds is 5. The molecular weight excluding hydrogens is 276 g/mol. The molecule has 0 bridgehead atoms. The topological polar surface area (TPSA) is 65.5 Å². The molecule has 0 saturated carbocycles. The molecule has 20 heavy (non-hydrogen) atoms. The molecule has 112 valence electrons. The Balaban J connectivity index is 2.28. The van der Waals surface area contributed by atoms with Crippen molar-refractivity contribution in [1.82, 2.24) is 14.2 Å². The molecule has 0 radical (unpaired) electrons. The molecular formula is C13H22N4O2S. The highest BCUT2D eigenvalue weighted by Crippen LogP contribution is 2.26. The third-order valence-corrected chi connectivity index (χ3v) is 5.44. The van der Waals surface area contributed by atoms with Gasteiger partial charge in [0.25, 0.3) is 0 Å². The predicted octanol–water partition coefficient (Wildman–Crippen LogP) is 0.838. The number of hydrogen-bond acceptors (Lipinski definition) is 5. The summed E-state index contributed by atoms with van der Waals surface area (Å²) in [5.41, 5.74) is 0. The lowest BCUT2D eigenvalue weighted by Gasteiger charge is -2.26. The van der Waals surface area contributed by atoms with Gasteiger partial charge in [0.2, 0.25) is 10.0 Å². The van der Waals surface area contributed by atoms with Crippen LogP contribution in [0.1, 0.15) is 12.8 Å². The molecule has 1 fully saturated rings. The maximum atomic E-state index is 12.7. The summed E-state index contributed by atoms with van der Waals surface area (Å²) in [7, 11) is 2.22. The molecule has 0 aliphatic carbocycles. The fourth-order valence-electron chi connectivity index (χ4n) is 2.57. The van der Waals surface area contributed by atoms with Crippen molar-refractivity contribution < 1.29 is 8.42 Å². The summed E-state index contributed by atoms with van der Waals surface area (Å²) in [5.74, 6) is 0.564. The van der Waals surface area contributed by atoms with E-state index in [0.717, 1.165) is 19.4 Å². The molecule has 1 aromatic heterocycles. The normalized spacial score (nSPS) is 20.5. The number of hydrogen-bond donors (Lipinski definition) is 1. The first-order valence-corrected chi connectivity index (χ1v) is 8.19. The van der Waals surface area contributed by atoms with Gasteiger partial charge in [0.05, 0.1) is 4.90 Å². The molecule has 1 unspecified atom stereocenters. The zero-order valence-corrected chi connectivity index (χ0v) is 13.0. The Bertz CT molecular complexity index is 559. The quantitative estimate of drug-likeness (QED) is 0.872. The molecule has 6 nitrogen and oxygen atoms in total. The fourth-order valence-corrected chi connectivity index (χ4v) is 4.27. The number of aromatic nitrogens is 1. The van der Waals surface area contributed by atoms with E-state index in [1.807, 2.05) is 19.0 Å². The zero-order valence-electron chi connectivity index (χ0n) is 12.2. The highest BCUT2D eigenvalue weighted by molar-refractivity contribution is 7.89. The maximum Gasteiger partial charge on any atom is 0.243 e. The van der Waals surface area contributed by atoms with Crippen LogP contribution in [0.25, 0.3) is 0 Å². The molecule has 0 aromatic carbocycles. The first kappa shape index (κ1) is 15.2. The minimum absolute atomic E-state index is 0.0567. The highest BCUT2D eigenvalue weighted by atomic mass is 32.2. The van der Waals surface area contributed by atoms with E-state index >= 15 is 0 Å². The molecule has 7 heteroatoms. The molecule has 1 aromatic rings. The van der Waals surface area contributed by atoms with Crippen LogP contribution in [-0.2, 0) is 10.0 Å². The Labute approximate surface area is 120 Å². The van der Waals surface area contributed by atoms with Crippen LogP contribution >= 0.6 is 0 Å². The Morgan fingerprint density at radius 1 is 1.50 bits per heavy atom. The van der Waals surface area contributed by atoms with Crippen LogP contribution in [-0.4, -0.2) is 62.9 Å². The summed E-state index contributed by atoms with van der Waals surface area (Å²) in [6.45, 7) is 1.35. The van der Waals surface area contributed by atoms with Gasteiger partial charge >= 0.3 is 0 Å². The van der Waals surface area contributed by atoms with Gasteiger partial charge in [-0.15, -0.1) is 0 Å². The van der Waals surface area contributed by atoms with Crippen LogP contribution < -0.4 is 5.32 Å². The fraction of sp³-hybridized carbons (Fsp3) is 0.615. The summed E-state index contributed by atoms with van der Waals surface area (Å²) >= 11 is 0. The van der Waals surface area contributed by atoms with E-state index in [-0.39, 0.29) is 6.04 Å². The smallest absolute Gasteiger partial charge is 0.243 e. The van der Waals surface area contributed by atoms with E-state index in [1.54, 1.807) is 23.5 Å². The second kappa shape index (κ2) is 6.07. The van der Waals surface area contributed by atoms with E-state index < -0.39 is 10.0 Å². The minimum Gasteiger partial charge on any atom is -0.373 e. The van der Waals surface area contributed by atoms with Gasteiger partial charge in [-0.2, -0.15) is 4.31 Å². The van der Waals surface area contributed by atoms with Crippen LogP contribution in [0.3, 0.4) is 0 Å². The lowest BCUT2D eigenvalue weighted by atomic mass is 10.2. The molecule has 1 N–H and O–H groups in total. The molecule has 1 aliphatic heterocycles. The Morgan fingerprint density at radius 3 is 2.90 bits per heavy atom. The van der Waals surface area contributed by atoms with Gasteiger partial charge in [0.1, 0.15) is 5.82 Å². The first-order chi connectivity index (χ1) is 9.45. The molecule has 1 aliphatic rings. The van der Waals surface area contributed by atoms with E-state index in [9.17, 15) is 8.42 Å². The second-order valence-corrected chi connectivity index (χ2v) is 7.19. The number of sulfonamides is 1. The SMILES string of the molecule is CNc1cc(S(=O)(=O)N2CCCC2CN(C)C)ccn1. The van der Waals surface area contributed by atoms with Gasteiger partial charge in [-0.05, 0) is 33.0 Å². The standard InChI is InChI=1S/C13H22N4O2S/c1-14-13-9-12(6-7-15-13)20(18,19)17-8-4-5-11(17)10-16(2)3/h6-7,9,11H,4-5,8,10H2,1-3H3,(H,14,15). The highest BCUT2D eigenvalue weighted by Gasteiger charge is 2.35. The molecule has 2 rings (SSSR count). The predicted molar refractivity (Wildman–Crippen MR) is 79.3 cm³/mol. The third kappa shape index (κ3) is 3.11. The summed E-state index contributed by atoms with van der Waals surface area (Å²) in [5, 5.41) is 2.87. The van der Waals surface area contributed by atoms with Crippen molar-refractivity contribution in [2.75, 3.05) is 39.5 Å². The largest absolute Gasteiger partial charge is 0.373 e. The molecule has 2 heterocycles. The maximum absolute atomic E-state index is 12.7. The van der Waals surface area contributed by atoms with Crippen LogP contribution in [0.5, 0.6) is 0 Å². The van der Waals surface area contributed by atoms with Crippen LogP contribution in [0, 0.1) is 0 Å². The zero-order chi connectivity index (χ0) is 14.8. The monoisotopic (exact) mass is 298 g/mol. The number of nitrogens with one attached hydrogen (secondary N) is 1. The Hall–Kier alpha value is -1.18. The molecule has 1 saturated heterocycles. The lowest BCUT2D eigenvalue weighted by molar-refractivity contribution is 0.291. The average molecular weight is 298 g/mol. The van der Waals surface area contributed by atoms with Crippen molar-refractivity contribution in [2.24, 2.45) is 0 Å². The average Bonchev–Trinajstić information content (AvgIpc) is 2.86. The van der Waals surface area contributed by atoms with E-state index in [4.69, 9.17) is 0 Å². The second-order valence-electron chi connectivity index (χ2n) is 5.30. The van der Waals surface area contributed by atoms with Crippen molar-refractivity contribution in [1.29, 1.82) is 0 Å². The van der Waals surface area contributed by atoms with Gasteiger partial charge in [-0.25, -0.2) is 13.4 Å². The van der Waals surface area contributed by atoms with Gasteiger partial charge in [-0.1, -0.05) is 0 Å². The van der Waals surface area contributed by atoms with Crippen LogP contribution in [0.2, 0.25) is 0 Å². The number of likely N-dealkylation sites (N-methyl/N-ethyl adjacent to an activating group) is 1.